The standard InChI is InChI=1S/C34H35O7P/c1-38-31-20-18-26(22-32(31)39-2)19-21-33(36)40-23-27(35)24-41-34(37)25-42(28-12-6-3-7-13-28,29-14-8-4-9-15-29)30-16-10-5-11-17-30/h3-22,27,35,42H,23-25H2,1-2H3. The molecule has 0 saturated heterocycles. The van der Waals surface area contributed by atoms with Crippen molar-refractivity contribution >= 4 is 41.2 Å². The van der Waals surface area contributed by atoms with Gasteiger partial charge in [0.15, 0.2) is 11.5 Å². The Balaban J connectivity index is 1.40. The summed E-state index contributed by atoms with van der Waals surface area (Å²) in [5, 5.41) is 13.6. The fraction of sp³-hybridized carbons (Fsp3) is 0.176. The van der Waals surface area contributed by atoms with Crippen LogP contribution in [0.4, 0.5) is 0 Å². The van der Waals surface area contributed by atoms with Crippen LogP contribution in [0.3, 0.4) is 0 Å². The third-order valence-electron chi connectivity index (χ3n) is 6.88. The van der Waals surface area contributed by atoms with Gasteiger partial charge < -0.3 is 9.47 Å². The maximum atomic E-state index is 13.3. The van der Waals surface area contributed by atoms with E-state index in [0.29, 0.717) is 17.1 Å². The number of carbonyl (C=O) groups excluding carboxylic acids is 2. The number of ether oxygens (including phenoxy) is 4. The van der Waals surface area contributed by atoms with E-state index in [1.165, 1.54) is 13.2 Å². The number of esters is 2. The van der Waals surface area contributed by atoms with Gasteiger partial charge in [-0.05, 0) is 6.07 Å². The Labute approximate surface area is 246 Å². The third-order valence-corrected chi connectivity index (χ3v) is 11.7. The van der Waals surface area contributed by atoms with Crippen LogP contribution in [0, 0.1) is 0 Å². The van der Waals surface area contributed by atoms with Gasteiger partial charge >= 0.3 is 206 Å². The van der Waals surface area contributed by atoms with Crippen LogP contribution in [-0.2, 0) is 19.1 Å². The van der Waals surface area contributed by atoms with E-state index in [1.54, 1.807) is 31.4 Å². The summed E-state index contributed by atoms with van der Waals surface area (Å²) in [6, 6.07) is 35.3. The van der Waals surface area contributed by atoms with Crippen LogP contribution < -0.4 is 25.4 Å². The molecule has 0 aliphatic heterocycles. The van der Waals surface area contributed by atoms with E-state index in [-0.39, 0.29) is 19.4 Å². The van der Waals surface area contributed by atoms with Crippen molar-refractivity contribution < 1.29 is 33.6 Å². The first kappa shape index (κ1) is 30.5. The monoisotopic (exact) mass is 586 g/mol. The number of aliphatic hydroxyl groups is 1. The van der Waals surface area contributed by atoms with Gasteiger partial charge in [-0.15, -0.1) is 0 Å². The molecule has 0 amide bonds. The van der Waals surface area contributed by atoms with Crippen molar-refractivity contribution in [3.05, 3.63) is 121 Å². The quantitative estimate of drug-likeness (QED) is 0.144. The number of carbonyl (C=O) groups is 2. The Morgan fingerprint density at radius 3 is 1.71 bits per heavy atom. The molecule has 0 spiro atoms. The summed E-state index contributed by atoms with van der Waals surface area (Å²) in [6.07, 6.45) is 1.79. The summed E-state index contributed by atoms with van der Waals surface area (Å²) in [6.45, 7) is -0.616. The van der Waals surface area contributed by atoms with Gasteiger partial charge in [0.2, 0.25) is 0 Å². The average Bonchev–Trinajstić information content (AvgIpc) is 3.05. The molecule has 1 N–H and O–H groups in total. The summed E-state index contributed by atoms with van der Waals surface area (Å²) >= 11 is 0. The van der Waals surface area contributed by atoms with Crippen LogP contribution >= 0.6 is 7.26 Å². The summed E-state index contributed by atoms with van der Waals surface area (Å²) in [7, 11) is 0.253. The van der Waals surface area contributed by atoms with Crippen LogP contribution in [0.25, 0.3) is 6.08 Å². The molecule has 0 saturated carbocycles. The zero-order valence-corrected chi connectivity index (χ0v) is 24.6. The number of hydrogen-bond donors (Lipinski definition) is 1. The van der Waals surface area contributed by atoms with Crippen molar-refractivity contribution in [2.45, 2.75) is 6.10 Å². The second-order valence-corrected chi connectivity index (χ2v) is 13.5. The van der Waals surface area contributed by atoms with Crippen LogP contribution in [0.1, 0.15) is 5.56 Å². The SMILES string of the molecule is COc1ccc(C=CC(=O)OCC(O)COC(=O)C[PH](c2ccccc2)(c2ccccc2)c2ccccc2)cc1OC. The van der Waals surface area contributed by atoms with Crippen LogP contribution in [0.5, 0.6) is 11.5 Å². The van der Waals surface area contributed by atoms with Crippen molar-refractivity contribution in [2.24, 2.45) is 0 Å². The molecular formula is C34H35O7P. The second-order valence-electron chi connectivity index (χ2n) is 9.59. The molecule has 0 fully saturated rings. The smallest absolute Gasteiger partial charge is 0.493 e. The molecule has 0 bridgehead atoms. The van der Waals surface area contributed by atoms with Crippen LogP contribution in [-0.4, -0.2) is 56.7 Å². The Kier molecular flexibility index (Phi) is 10.9. The molecule has 8 heteroatoms. The van der Waals surface area contributed by atoms with Gasteiger partial charge in [-0.1, -0.05) is 0 Å². The molecule has 1 unspecified atom stereocenters. The molecule has 0 aliphatic rings. The molecule has 0 heterocycles. The van der Waals surface area contributed by atoms with Crippen molar-refractivity contribution in [2.75, 3.05) is 33.6 Å². The van der Waals surface area contributed by atoms with Gasteiger partial charge in [0.1, 0.15) is 0 Å². The Hall–Kier alpha value is -4.45. The van der Waals surface area contributed by atoms with E-state index in [2.05, 4.69) is 36.4 Å². The second kappa shape index (κ2) is 15.0. The molecule has 0 radical (unpaired) electrons. The normalized spacial score (nSPS) is 12.4. The van der Waals surface area contributed by atoms with Gasteiger partial charge in [0, 0.05) is 0 Å². The summed E-state index contributed by atoms with van der Waals surface area (Å²) in [5.41, 5.74) is 0.710. The predicted octanol–water partition coefficient (Wildman–Crippen LogP) is 3.89. The Morgan fingerprint density at radius 2 is 1.21 bits per heavy atom. The number of aliphatic hydroxyl groups excluding tert-OH is 1. The van der Waals surface area contributed by atoms with Gasteiger partial charge in [-0.25, -0.2) is 0 Å². The Bertz CT molecular complexity index is 1380. The number of rotatable bonds is 13. The fourth-order valence-electron chi connectivity index (χ4n) is 4.83. The van der Waals surface area contributed by atoms with Gasteiger partial charge in [0.05, 0.1) is 14.2 Å². The molecule has 4 rings (SSSR count). The summed E-state index contributed by atoms with van der Waals surface area (Å²) in [4.78, 5) is 25.6. The number of hydrogen-bond acceptors (Lipinski definition) is 7. The topological polar surface area (TPSA) is 91.3 Å². The predicted molar refractivity (Wildman–Crippen MR) is 168 cm³/mol. The summed E-state index contributed by atoms with van der Waals surface area (Å²) < 4.78 is 21.2. The summed E-state index contributed by atoms with van der Waals surface area (Å²) in [5.74, 6) is 0.0333. The minimum absolute atomic E-state index is 0.144. The third kappa shape index (κ3) is 7.64. The molecule has 4 aromatic rings. The molecule has 218 valence electrons. The van der Waals surface area contributed by atoms with E-state index in [0.717, 1.165) is 15.9 Å². The molecule has 4 aromatic carbocycles. The number of methoxy groups -OCH3 is 2. The van der Waals surface area contributed by atoms with E-state index in [4.69, 9.17) is 18.9 Å². The van der Waals surface area contributed by atoms with Gasteiger partial charge in [-0.3, -0.25) is 0 Å². The zero-order chi connectivity index (χ0) is 29.8. The minimum Gasteiger partial charge on any atom is -0.493 e. The zero-order valence-electron chi connectivity index (χ0n) is 23.6. The molecule has 42 heavy (non-hydrogen) atoms. The van der Waals surface area contributed by atoms with Crippen LogP contribution in [0.2, 0.25) is 0 Å². The molecule has 1 atom stereocenters. The molecule has 7 nitrogen and oxygen atoms in total. The number of benzene rings is 4. The van der Waals surface area contributed by atoms with E-state index >= 15 is 0 Å². The first-order valence-corrected chi connectivity index (χ1v) is 15.7. The van der Waals surface area contributed by atoms with Crippen LogP contribution in [0.15, 0.2) is 115 Å². The van der Waals surface area contributed by atoms with Crippen molar-refractivity contribution in [1.82, 2.24) is 0 Å². The van der Waals surface area contributed by atoms with Crippen molar-refractivity contribution in [3.8, 4) is 11.5 Å². The van der Waals surface area contributed by atoms with Crippen molar-refractivity contribution in [3.63, 3.8) is 0 Å². The van der Waals surface area contributed by atoms with Gasteiger partial charge in [0.25, 0.3) is 0 Å². The first-order valence-electron chi connectivity index (χ1n) is 13.5. The average molecular weight is 587 g/mol. The van der Waals surface area contributed by atoms with E-state index in [1.807, 2.05) is 54.6 Å². The fourth-order valence-corrected chi connectivity index (χ4v) is 9.26. The molecule has 0 aliphatic carbocycles. The van der Waals surface area contributed by atoms with E-state index < -0.39 is 25.3 Å². The maximum absolute atomic E-state index is 13.3. The van der Waals surface area contributed by atoms with Gasteiger partial charge in [-0.2, -0.15) is 0 Å². The minimum atomic E-state index is -2.82. The van der Waals surface area contributed by atoms with Crippen molar-refractivity contribution in [1.29, 1.82) is 0 Å². The molecule has 0 aromatic heterocycles. The molecular weight excluding hydrogens is 551 g/mol. The first-order chi connectivity index (χ1) is 20.5. The van der Waals surface area contributed by atoms with E-state index in [9.17, 15) is 14.7 Å². The Morgan fingerprint density at radius 1 is 0.714 bits per heavy atom.